The zero-order valence-corrected chi connectivity index (χ0v) is 19.3. The minimum absolute atomic E-state index is 0.0138. The molecule has 0 radical (unpaired) electrons. The standard InChI is InChI=1S/C29H30N2/c1-19-16-22(17-20(2)27(19)21-12-8-7-9-13-21)24-18-26-29(5,6)28(3,4)23-14-10-11-15-25(23)31(26)30-24/h7-18H,1-6H3. The monoisotopic (exact) mass is 406 g/mol. The maximum Gasteiger partial charge on any atom is 0.0930 e. The van der Waals surface area contributed by atoms with Crippen LogP contribution in [0.1, 0.15) is 50.1 Å². The fourth-order valence-corrected chi connectivity index (χ4v) is 5.17. The minimum atomic E-state index is -0.0410. The van der Waals surface area contributed by atoms with Crippen LogP contribution < -0.4 is 0 Å². The predicted octanol–water partition coefficient (Wildman–Crippen LogP) is 7.39. The van der Waals surface area contributed by atoms with E-state index in [1.54, 1.807) is 0 Å². The van der Waals surface area contributed by atoms with Crippen molar-refractivity contribution in [3.8, 4) is 28.1 Å². The van der Waals surface area contributed by atoms with Crippen LogP contribution in [0, 0.1) is 13.8 Å². The Balaban J connectivity index is 1.68. The van der Waals surface area contributed by atoms with Crippen molar-refractivity contribution in [2.75, 3.05) is 0 Å². The maximum atomic E-state index is 5.12. The molecule has 2 nitrogen and oxygen atoms in total. The molecule has 156 valence electrons. The lowest BCUT2D eigenvalue weighted by Gasteiger charge is -2.46. The number of benzene rings is 3. The van der Waals surface area contributed by atoms with E-state index >= 15 is 0 Å². The smallest absolute Gasteiger partial charge is 0.0930 e. The van der Waals surface area contributed by atoms with Crippen molar-refractivity contribution in [3.05, 3.63) is 95.2 Å². The Bertz CT molecular complexity index is 1270. The van der Waals surface area contributed by atoms with E-state index in [9.17, 15) is 0 Å². The number of hydrogen-bond acceptors (Lipinski definition) is 1. The first-order valence-corrected chi connectivity index (χ1v) is 11.1. The third-order valence-electron chi connectivity index (χ3n) is 7.61. The van der Waals surface area contributed by atoms with Crippen molar-refractivity contribution >= 4 is 0 Å². The van der Waals surface area contributed by atoms with E-state index in [1.165, 1.54) is 44.8 Å². The maximum absolute atomic E-state index is 5.12. The normalized spacial score (nSPS) is 15.9. The van der Waals surface area contributed by atoms with Crippen LogP contribution in [0.3, 0.4) is 0 Å². The van der Waals surface area contributed by atoms with E-state index in [4.69, 9.17) is 5.10 Å². The Morgan fingerprint density at radius 1 is 0.677 bits per heavy atom. The van der Waals surface area contributed by atoms with Crippen LogP contribution in [0.4, 0.5) is 0 Å². The Kier molecular flexibility index (Phi) is 4.27. The summed E-state index contributed by atoms with van der Waals surface area (Å²) in [6.45, 7) is 13.8. The van der Waals surface area contributed by atoms with Gasteiger partial charge in [0.05, 0.1) is 17.1 Å². The van der Waals surface area contributed by atoms with Crippen molar-refractivity contribution in [2.24, 2.45) is 0 Å². The van der Waals surface area contributed by atoms with Crippen LogP contribution in [0.15, 0.2) is 72.8 Å². The number of rotatable bonds is 2. The van der Waals surface area contributed by atoms with Crippen molar-refractivity contribution in [1.29, 1.82) is 0 Å². The molecule has 3 aromatic carbocycles. The molecule has 1 aromatic heterocycles. The summed E-state index contributed by atoms with van der Waals surface area (Å²) in [5.41, 5.74) is 11.2. The molecule has 0 spiro atoms. The Morgan fingerprint density at radius 2 is 1.29 bits per heavy atom. The molecule has 0 N–H and O–H groups in total. The third kappa shape index (κ3) is 2.81. The topological polar surface area (TPSA) is 17.8 Å². The lowest BCUT2D eigenvalue weighted by molar-refractivity contribution is 0.275. The van der Waals surface area contributed by atoms with Gasteiger partial charge in [-0.2, -0.15) is 5.10 Å². The number of aryl methyl sites for hydroxylation is 2. The van der Waals surface area contributed by atoms with Gasteiger partial charge in [-0.1, -0.05) is 76.2 Å². The van der Waals surface area contributed by atoms with Gasteiger partial charge in [-0.25, -0.2) is 4.68 Å². The van der Waals surface area contributed by atoms with E-state index in [1.807, 2.05) is 0 Å². The second-order valence-corrected chi connectivity index (χ2v) is 9.94. The summed E-state index contributed by atoms with van der Waals surface area (Å²) >= 11 is 0. The molecular formula is C29H30N2. The van der Waals surface area contributed by atoms with E-state index in [-0.39, 0.29) is 10.8 Å². The molecule has 0 saturated carbocycles. The van der Waals surface area contributed by atoms with E-state index < -0.39 is 0 Å². The molecule has 0 atom stereocenters. The molecule has 0 unspecified atom stereocenters. The fourth-order valence-electron chi connectivity index (χ4n) is 5.17. The highest BCUT2D eigenvalue weighted by Gasteiger charge is 2.47. The van der Waals surface area contributed by atoms with Crippen molar-refractivity contribution < 1.29 is 0 Å². The summed E-state index contributed by atoms with van der Waals surface area (Å²) in [6, 6.07) is 26.2. The van der Waals surface area contributed by atoms with Crippen LogP contribution in [0.25, 0.3) is 28.1 Å². The fraction of sp³-hybridized carbons (Fsp3) is 0.276. The first-order chi connectivity index (χ1) is 14.7. The lowest BCUT2D eigenvalue weighted by Crippen LogP contribution is -2.45. The minimum Gasteiger partial charge on any atom is -0.236 e. The summed E-state index contributed by atoms with van der Waals surface area (Å²) in [6.07, 6.45) is 0. The van der Waals surface area contributed by atoms with E-state index in [0.717, 1.165) is 5.69 Å². The molecule has 0 fully saturated rings. The molecule has 2 heterocycles. The predicted molar refractivity (Wildman–Crippen MR) is 130 cm³/mol. The van der Waals surface area contributed by atoms with Crippen LogP contribution in [0.5, 0.6) is 0 Å². The van der Waals surface area contributed by atoms with Gasteiger partial charge >= 0.3 is 0 Å². The van der Waals surface area contributed by atoms with Gasteiger partial charge in [0.2, 0.25) is 0 Å². The Labute approximate surface area is 185 Å². The molecule has 31 heavy (non-hydrogen) atoms. The number of aromatic nitrogens is 2. The van der Waals surface area contributed by atoms with Crippen LogP contribution in [0.2, 0.25) is 0 Å². The van der Waals surface area contributed by atoms with Crippen LogP contribution >= 0.6 is 0 Å². The summed E-state index contributed by atoms with van der Waals surface area (Å²) in [5, 5.41) is 5.12. The molecule has 2 heteroatoms. The highest BCUT2D eigenvalue weighted by Crippen LogP contribution is 2.50. The highest BCUT2D eigenvalue weighted by molar-refractivity contribution is 5.76. The average molecular weight is 407 g/mol. The summed E-state index contributed by atoms with van der Waals surface area (Å²) in [5.74, 6) is 0. The average Bonchev–Trinajstić information content (AvgIpc) is 3.20. The molecule has 5 rings (SSSR count). The van der Waals surface area contributed by atoms with Crippen molar-refractivity contribution in [3.63, 3.8) is 0 Å². The Morgan fingerprint density at radius 3 is 1.97 bits per heavy atom. The zero-order valence-electron chi connectivity index (χ0n) is 19.3. The molecule has 0 bridgehead atoms. The Hall–Kier alpha value is -3.13. The lowest BCUT2D eigenvalue weighted by atomic mass is 9.60. The van der Waals surface area contributed by atoms with Gasteiger partial charge in [0.15, 0.2) is 0 Å². The third-order valence-corrected chi connectivity index (χ3v) is 7.61. The van der Waals surface area contributed by atoms with Crippen molar-refractivity contribution in [2.45, 2.75) is 52.4 Å². The number of nitrogens with zero attached hydrogens (tertiary/aromatic N) is 2. The van der Waals surface area contributed by atoms with Gasteiger partial charge in [-0.3, -0.25) is 0 Å². The number of hydrogen-bond donors (Lipinski definition) is 0. The van der Waals surface area contributed by atoms with E-state index in [2.05, 4.69) is 119 Å². The molecule has 1 aliphatic heterocycles. The van der Waals surface area contributed by atoms with Gasteiger partial charge in [0.25, 0.3) is 0 Å². The van der Waals surface area contributed by atoms with Crippen LogP contribution in [-0.4, -0.2) is 9.78 Å². The quantitative estimate of drug-likeness (QED) is 0.339. The first kappa shape index (κ1) is 19.8. The zero-order chi connectivity index (χ0) is 22.0. The highest BCUT2D eigenvalue weighted by atomic mass is 15.3. The largest absolute Gasteiger partial charge is 0.236 e. The molecule has 1 aliphatic rings. The van der Waals surface area contributed by atoms with Crippen molar-refractivity contribution in [1.82, 2.24) is 9.78 Å². The van der Waals surface area contributed by atoms with E-state index in [0.29, 0.717) is 0 Å². The molecule has 0 saturated heterocycles. The molecule has 4 aromatic rings. The summed E-state index contributed by atoms with van der Waals surface area (Å²) < 4.78 is 2.17. The second-order valence-electron chi connectivity index (χ2n) is 9.94. The molecular weight excluding hydrogens is 376 g/mol. The van der Waals surface area contributed by atoms with Gasteiger partial charge < -0.3 is 0 Å². The summed E-state index contributed by atoms with van der Waals surface area (Å²) in [7, 11) is 0. The van der Waals surface area contributed by atoms with Gasteiger partial charge in [0, 0.05) is 16.4 Å². The molecule has 0 amide bonds. The number of para-hydroxylation sites is 1. The first-order valence-electron chi connectivity index (χ1n) is 11.1. The van der Waals surface area contributed by atoms with Gasteiger partial charge in [0.1, 0.15) is 0 Å². The van der Waals surface area contributed by atoms with Gasteiger partial charge in [-0.15, -0.1) is 0 Å². The number of fused-ring (bicyclic) bond motifs is 3. The van der Waals surface area contributed by atoms with Crippen LogP contribution in [-0.2, 0) is 10.8 Å². The SMILES string of the molecule is Cc1cc(-c2cc3n(n2)-c2ccccc2C(C)(C)C3(C)C)cc(C)c1-c1ccccc1. The second kappa shape index (κ2) is 6.68. The van der Waals surface area contributed by atoms with Gasteiger partial charge in [-0.05, 0) is 65.9 Å². The summed E-state index contributed by atoms with van der Waals surface area (Å²) in [4.78, 5) is 0. The molecule has 0 aliphatic carbocycles.